The maximum atomic E-state index is 14.1. The Bertz CT molecular complexity index is 742. The monoisotopic (exact) mass is 334 g/mol. The molecular weight excluding hydrogens is 314 g/mol. The van der Waals surface area contributed by atoms with Gasteiger partial charge in [-0.15, -0.1) is 0 Å². The van der Waals surface area contributed by atoms with Crippen LogP contribution < -0.4 is 9.47 Å². The number of hydrogen-bond donors (Lipinski definition) is 0. The number of ether oxygens (including phenoxy) is 2. The van der Waals surface area contributed by atoms with Crippen LogP contribution in [0.3, 0.4) is 0 Å². The molecule has 0 N–H and O–H groups in total. The molecule has 2 aromatic rings. The molecule has 0 saturated carbocycles. The second-order valence-electron chi connectivity index (χ2n) is 5.40. The van der Waals surface area contributed by atoms with E-state index in [2.05, 4.69) is 0 Å². The summed E-state index contributed by atoms with van der Waals surface area (Å²) in [4.78, 5) is 11.5. The average Bonchev–Trinajstić information content (AvgIpc) is 2.56. The smallest absolute Gasteiger partial charge is 0.310 e. The lowest BCUT2D eigenvalue weighted by molar-refractivity contribution is -0.134. The predicted molar refractivity (Wildman–Crippen MR) is 87.2 cm³/mol. The third-order valence-electron chi connectivity index (χ3n) is 3.69. The molecule has 0 aliphatic heterocycles. The van der Waals surface area contributed by atoms with Crippen molar-refractivity contribution in [2.45, 2.75) is 40.2 Å². The van der Waals surface area contributed by atoms with Crippen LogP contribution in [0.5, 0.6) is 11.5 Å². The lowest BCUT2D eigenvalue weighted by Gasteiger charge is -2.14. The fourth-order valence-corrected chi connectivity index (χ4v) is 2.27. The number of carbonyl (C=O) groups is 1. The summed E-state index contributed by atoms with van der Waals surface area (Å²) in [6.07, 6.45) is 0.761. The molecule has 128 valence electrons. The zero-order valence-corrected chi connectivity index (χ0v) is 14.0. The minimum Gasteiger partial charge on any atom is -0.488 e. The minimum atomic E-state index is -0.542. The van der Waals surface area contributed by atoms with Gasteiger partial charge >= 0.3 is 5.97 Å². The number of carbonyl (C=O) groups excluding carboxylic acids is 1. The molecule has 0 fully saturated rings. The Labute approximate surface area is 140 Å². The van der Waals surface area contributed by atoms with Crippen LogP contribution in [0.1, 0.15) is 37.0 Å². The lowest BCUT2D eigenvalue weighted by atomic mass is 10.1. The van der Waals surface area contributed by atoms with E-state index < -0.39 is 11.8 Å². The van der Waals surface area contributed by atoms with E-state index in [0.717, 1.165) is 5.56 Å². The van der Waals surface area contributed by atoms with Crippen LogP contribution in [0.4, 0.5) is 8.78 Å². The molecule has 0 aliphatic rings. The molecule has 0 radical (unpaired) electrons. The normalized spacial score (nSPS) is 10.5. The summed E-state index contributed by atoms with van der Waals surface area (Å²) in [7, 11) is 0. The van der Waals surface area contributed by atoms with Gasteiger partial charge in [0.1, 0.15) is 29.7 Å². The quantitative estimate of drug-likeness (QED) is 0.566. The summed E-state index contributed by atoms with van der Waals surface area (Å²) in [6, 6.07) is 7.23. The molecule has 0 bridgehead atoms. The number of rotatable bonds is 6. The van der Waals surface area contributed by atoms with Gasteiger partial charge in [0.15, 0.2) is 0 Å². The molecule has 0 spiro atoms. The first-order valence-electron chi connectivity index (χ1n) is 7.86. The van der Waals surface area contributed by atoms with E-state index in [-0.39, 0.29) is 30.2 Å². The third kappa shape index (κ3) is 4.10. The van der Waals surface area contributed by atoms with E-state index >= 15 is 0 Å². The van der Waals surface area contributed by atoms with Crippen LogP contribution in [0.2, 0.25) is 0 Å². The van der Waals surface area contributed by atoms with Crippen molar-refractivity contribution in [3.63, 3.8) is 0 Å². The van der Waals surface area contributed by atoms with Gasteiger partial charge in [-0.3, -0.25) is 4.79 Å². The van der Waals surface area contributed by atoms with E-state index in [1.54, 1.807) is 19.9 Å². The van der Waals surface area contributed by atoms with Crippen LogP contribution in [-0.4, -0.2) is 5.97 Å². The predicted octanol–water partition coefficient (Wildman–Crippen LogP) is 4.73. The molecule has 2 aromatic carbocycles. The van der Waals surface area contributed by atoms with Crippen LogP contribution in [0.25, 0.3) is 0 Å². The second-order valence-corrected chi connectivity index (χ2v) is 5.40. The van der Waals surface area contributed by atoms with Crippen molar-refractivity contribution in [3.05, 3.63) is 58.7 Å². The number of esters is 1. The van der Waals surface area contributed by atoms with Gasteiger partial charge in [0, 0.05) is 12.5 Å². The highest BCUT2D eigenvalue weighted by Gasteiger charge is 2.14. The molecule has 0 aliphatic carbocycles. The highest BCUT2D eigenvalue weighted by Crippen LogP contribution is 2.27. The highest BCUT2D eigenvalue weighted by molar-refractivity contribution is 5.72. The fraction of sp³-hybridized carbons (Fsp3) is 0.316. The summed E-state index contributed by atoms with van der Waals surface area (Å²) in [5.74, 6) is -0.911. The molecule has 0 aromatic heterocycles. The summed E-state index contributed by atoms with van der Waals surface area (Å²) in [5.41, 5.74) is 1.48. The summed E-state index contributed by atoms with van der Waals surface area (Å²) < 4.78 is 38.7. The van der Waals surface area contributed by atoms with Crippen LogP contribution in [-0.2, 0) is 17.8 Å². The molecular formula is C19H20F2O3. The van der Waals surface area contributed by atoms with Gasteiger partial charge < -0.3 is 9.47 Å². The Balaban J connectivity index is 2.23. The Morgan fingerprint density at radius 3 is 2.50 bits per heavy atom. The molecule has 5 heteroatoms. The summed E-state index contributed by atoms with van der Waals surface area (Å²) in [5, 5.41) is 0. The zero-order chi connectivity index (χ0) is 17.7. The first-order chi connectivity index (χ1) is 11.5. The van der Waals surface area contributed by atoms with E-state index in [1.165, 1.54) is 24.3 Å². The Hall–Kier alpha value is -2.43. The van der Waals surface area contributed by atoms with E-state index in [9.17, 15) is 13.6 Å². The van der Waals surface area contributed by atoms with Gasteiger partial charge in [0.05, 0.1) is 5.56 Å². The van der Waals surface area contributed by atoms with E-state index in [1.807, 2.05) is 6.92 Å². The number of hydrogen-bond acceptors (Lipinski definition) is 3. The molecule has 0 heterocycles. The lowest BCUT2D eigenvalue weighted by Crippen LogP contribution is -2.10. The van der Waals surface area contributed by atoms with Gasteiger partial charge in [-0.2, -0.15) is 0 Å². The molecule has 0 amide bonds. The molecule has 3 nitrogen and oxygen atoms in total. The van der Waals surface area contributed by atoms with Crippen LogP contribution in [0.15, 0.2) is 30.3 Å². The van der Waals surface area contributed by atoms with Crippen molar-refractivity contribution < 1.29 is 23.0 Å². The molecule has 24 heavy (non-hydrogen) atoms. The topological polar surface area (TPSA) is 35.5 Å². The minimum absolute atomic E-state index is 0.116. The van der Waals surface area contributed by atoms with Gasteiger partial charge in [0.2, 0.25) is 0 Å². The van der Waals surface area contributed by atoms with Crippen molar-refractivity contribution >= 4 is 5.97 Å². The second kappa shape index (κ2) is 7.90. The Kier molecular flexibility index (Phi) is 5.90. The molecule has 0 saturated heterocycles. The maximum absolute atomic E-state index is 14.1. The van der Waals surface area contributed by atoms with Crippen molar-refractivity contribution in [1.82, 2.24) is 0 Å². The van der Waals surface area contributed by atoms with E-state index in [4.69, 9.17) is 9.47 Å². The van der Waals surface area contributed by atoms with Gasteiger partial charge in [0.25, 0.3) is 0 Å². The summed E-state index contributed by atoms with van der Waals surface area (Å²) >= 11 is 0. The largest absolute Gasteiger partial charge is 0.488 e. The van der Waals surface area contributed by atoms with Crippen molar-refractivity contribution in [2.75, 3.05) is 0 Å². The van der Waals surface area contributed by atoms with Gasteiger partial charge in [-0.25, -0.2) is 8.78 Å². The fourth-order valence-electron chi connectivity index (χ4n) is 2.27. The molecule has 0 unspecified atom stereocenters. The number of aryl methyl sites for hydroxylation is 2. The maximum Gasteiger partial charge on any atom is 0.310 e. The SMILES string of the molecule is CCC(=O)Oc1cccc(F)c1COc1cc(F)c(CC)cc1C. The first-order valence-corrected chi connectivity index (χ1v) is 7.86. The average molecular weight is 334 g/mol. The van der Waals surface area contributed by atoms with Gasteiger partial charge in [-0.1, -0.05) is 19.9 Å². The Morgan fingerprint density at radius 1 is 1.08 bits per heavy atom. The van der Waals surface area contributed by atoms with Crippen molar-refractivity contribution in [3.8, 4) is 11.5 Å². The number of benzene rings is 2. The number of halogens is 2. The Morgan fingerprint density at radius 2 is 1.83 bits per heavy atom. The molecule has 0 atom stereocenters. The highest BCUT2D eigenvalue weighted by atomic mass is 19.1. The van der Waals surface area contributed by atoms with Gasteiger partial charge in [-0.05, 0) is 42.7 Å². The standard InChI is InChI=1S/C19H20F2O3/c1-4-13-9-12(3)18(10-16(13)21)23-11-14-15(20)7-6-8-17(14)24-19(22)5-2/h6-10H,4-5,11H2,1-3H3. The van der Waals surface area contributed by atoms with Crippen LogP contribution in [0, 0.1) is 18.6 Å². The van der Waals surface area contributed by atoms with Crippen molar-refractivity contribution in [2.24, 2.45) is 0 Å². The van der Waals surface area contributed by atoms with Crippen LogP contribution >= 0.6 is 0 Å². The third-order valence-corrected chi connectivity index (χ3v) is 3.69. The summed E-state index contributed by atoms with van der Waals surface area (Å²) in [6.45, 7) is 5.16. The zero-order valence-electron chi connectivity index (χ0n) is 14.0. The van der Waals surface area contributed by atoms with Crippen molar-refractivity contribution in [1.29, 1.82) is 0 Å². The first kappa shape index (κ1) is 17.9. The van der Waals surface area contributed by atoms with E-state index in [0.29, 0.717) is 17.7 Å². The molecule has 2 rings (SSSR count).